The first-order valence-electron chi connectivity index (χ1n) is 16.9. The van der Waals surface area contributed by atoms with Gasteiger partial charge in [0.15, 0.2) is 17.5 Å². The number of furan rings is 1. The zero-order chi connectivity index (χ0) is 34.8. The highest BCUT2D eigenvalue weighted by Crippen LogP contribution is 2.46. The van der Waals surface area contributed by atoms with Gasteiger partial charge in [0.25, 0.3) is 0 Å². The predicted molar refractivity (Wildman–Crippen MR) is 205 cm³/mol. The van der Waals surface area contributed by atoms with Crippen molar-refractivity contribution in [1.82, 2.24) is 15.0 Å². The Morgan fingerprint density at radius 1 is 0.385 bits per heavy atom. The molecule has 6 nitrogen and oxygen atoms in total. The van der Waals surface area contributed by atoms with Gasteiger partial charge in [-0.1, -0.05) is 127 Å². The fourth-order valence-electron chi connectivity index (χ4n) is 7.20. The summed E-state index contributed by atoms with van der Waals surface area (Å²) in [5.74, 6) is 1.80. The zero-order valence-electron chi connectivity index (χ0n) is 27.6. The van der Waals surface area contributed by atoms with Crippen LogP contribution in [0, 0.1) is 0 Å². The third-order valence-electron chi connectivity index (χ3n) is 9.70. The van der Waals surface area contributed by atoms with Crippen LogP contribution in [0.4, 0.5) is 0 Å². The highest BCUT2D eigenvalue weighted by molar-refractivity contribution is 7.92. The van der Waals surface area contributed by atoms with Gasteiger partial charge in [0.05, 0.1) is 9.79 Å². The monoisotopic (exact) mass is 689 g/mol. The van der Waals surface area contributed by atoms with E-state index in [0.717, 1.165) is 72.0 Å². The minimum absolute atomic E-state index is 0.331. The van der Waals surface area contributed by atoms with Crippen molar-refractivity contribution < 1.29 is 12.8 Å². The molecule has 9 aromatic rings. The molecule has 0 fully saturated rings. The second kappa shape index (κ2) is 11.7. The zero-order valence-corrected chi connectivity index (χ0v) is 28.4. The molecule has 0 aliphatic carbocycles. The van der Waals surface area contributed by atoms with Crippen LogP contribution < -0.4 is 0 Å². The van der Waals surface area contributed by atoms with E-state index in [2.05, 4.69) is 24.3 Å². The molecule has 2 aromatic heterocycles. The van der Waals surface area contributed by atoms with E-state index in [1.54, 1.807) is 18.2 Å². The Morgan fingerprint density at radius 2 is 0.942 bits per heavy atom. The summed E-state index contributed by atoms with van der Waals surface area (Å²) >= 11 is 0. The number of hydrogen-bond donors (Lipinski definition) is 0. The molecule has 0 spiro atoms. The van der Waals surface area contributed by atoms with Crippen LogP contribution in [0.2, 0.25) is 0 Å². The van der Waals surface area contributed by atoms with Crippen molar-refractivity contribution in [2.75, 3.05) is 0 Å². The average Bonchev–Trinajstić information content (AvgIpc) is 3.70. The average molecular weight is 690 g/mol. The first-order chi connectivity index (χ1) is 25.5. The van der Waals surface area contributed by atoms with Crippen LogP contribution >= 0.6 is 0 Å². The van der Waals surface area contributed by atoms with Crippen molar-refractivity contribution in [1.29, 1.82) is 0 Å². The lowest BCUT2D eigenvalue weighted by Gasteiger charge is -2.10. The Labute approximate surface area is 299 Å². The maximum absolute atomic E-state index is 13.6. The Hall–Kier alpha value is -6.70. The minimum Gasteiger partial charge on any atom is -0.456 e. The molecular formula is C45H27N3O3S. The van der Waals surface area contributed by atoms with Gasteiger partial charge in [0.1, 0.15) is 11.2 Å². The van der Waals surface area contributed by atoms with Crippen molar-refractivity contribution in [3.63, 3.8) is 0 Å². The molecule has 1 aliphatic rings. The van der Waals surface area contributed by atoms with Crippen LogP contribution in [0.25, 0.3) is 89.5 Å². The summed E-state index contributed by atoms with van der Waals surface area (Å²) in [6.07, 6.45) is 0. The predicted octanol–water partition coefficient (Wildman–Crippen LogP) is 10.9. The summed E-state index contributed by atoms with van der Waals surface area (Å²) in [5.41, 5.74) is 9.37. The molecule has 246 valence electrons. The second-order valence-corrected chi connectivity index (χ2v) is 14.7. The number of nitrogens with zero attached hydrogens (tertiary/aromatic N) is 3. The number of sulfone groups is 1. The Morgan fingerprint density at radius 3 is 1.69 bits per heavy atom. The molecular weight excluding hydrogens is 663 g/mol. The molecule has 0 amide bonds. The van der Waals surface area contributed by atoms with Crippen molar-refractivity contribution in [2.45, 2.75) is 9.79 Å². The van der Waals surface area contributed by atoms with Gasteiger partial charge in [-0.15, -0.1) is 0 Å². The molecule has 3 heterocycles. The van der Waals surface area contributed by atoms with Gasteiger partial charge in [-0.25, -0.2) is 23.4 Å². The van der Waals surface area contributed by atoms with E-state index in [1.165, 1.54) is 0 Å². The maximum Gasteiger partial charge on any atom is 0.207 e. The number of aromatic nitrogens is 3. The molecule has 1 aliphatic heterocycles. The summed E-state index contributed by atoms with van der Waals surface area (Å²) in [5, 5.41) is 1.87. The first-order valence-corrected chi connectivity index (χ1v) is 18.4. The lowest BCUT2D eigenvalue weighted by Crippen LogP contribution is -2.00. The van der Waals surface area contributed by atoms with Crippen LogP contribution in [0.5, 0.6) is 0 Å². The fourth-order valence-corrected chi connectivity index (χ4v) is 8.91. The molecule has 10 rings (SSSR count). The summed E-state index contributed by atoms with van der Waals surface area (Å²) in [4.78, 5) is 15.4. The smallest absolute Gasteiger partial charge is 0.207 e. The van der Waals surface area contributed by atoms with E-state index in [0.29, 0.717) is 27.3 Å². The molecule has 7 aromatic carbocycles. The Balaban J connectivity index is 1.09. The minimum atomic E-state index is -3.62. The number of hydrogen-bond acceptors (Lipinski definition) is 6. The number of fused-ring (bicyclic) bond motifs is 6. The van der Waals surface area contributed by atoms with Gasteiger partial charge in [-0.2, -0.15) is 0 Å². The molecule has 0 radical (unpaired) electrons. The quantitative estimate of drug-likeness (QED) is 0.179. The van der Waals surface area contributed by atoms with E-state index in [-0.39, 0.29) is 0 Å². The van der Waals surface area contributed by atoms with E-state index in [4.69, 9.17) is 19.4 Å². The van der Waals surface area contributed by atoms with Crippen LogP contribution in [0.3, 0.4) is 0 Å². The van der Waals surface area contributed by atoms with Gasteiger partial charge in [0, 0.05) is 38.6 Å². The van der Waals surface area contributed by atoms with Crippen LogP contribution in [-0.4, -0.2) is 23.4 Å². The third kappa shape index (κ3) is 4.86. The molecule has 0 saturated carbocycles. The van der Waals surface area contributed by atoms with Crippen molar-refractivity contribution in [3.05, 3.63) is 164 Å². The molecule has 0 N–H and O–H groups in total. The van der Waals surface area contributed by atoms with Crippen LogP contribution in [0.15, 0.2) is 178 Å². The fraction of sp³-hybridized carbons (Fsp3) is 0. The molecule has 0 unspecified atom stereocenters. The van der Waals surface area contributed by atoms with Crippen molar-refractivity contribution in [2.24, 2.45) is 0 Å². The maximum atomic E-state index is 13.6. The SMILES string of the molecule is O=S1(=O)c2ccccc2-c2ccc(-c3cccc4oc5ccc(-c6cccc(-c7nc(-c8ccccc8)nc(-c8ccccc8)n7)c6)cc5c34)cc21. The summed E-state index contributed by atoms with van der Waals surface area (Å²) in [6.45, 7) is 0. The van der Waals surface area contributed by atoms with Gasteiger partial charge in [-0.05, 0) is 58.7 Å². The van der Waals surface area contributed by atoms with Crippen molar-refractivity contribution >= 4 is 31.8 Å². The molecule has 0 bridgehead atoms. The van der Waals surface area contributed by atoms with E-state index >= 15 is 0 Å². The standard InChI is InChI=1S/C45H27N3O3S/c49-52(50)40-20-8-7-17-35(40)36-23-21-32(27-41(36)52)34-18-10-19-39-42(34)37-26-31(22-24-38(37)51-39)30-15-9-16-33(25-30)45-47-43(28-11-3-1-4-12-28)46-44(48-45)29-13-5-2-6-14-29/h1-27H. The summed E-state index contributed by atoms with van der Waals surface area (Å²) in [6, 6.07) is 53.1. The van der Waals surface area contributed by atoms with Crippen molar-refractivity contribution in [3.8, 4) is 67.5 Å². The summed E-state index contributed by atoms with van der Waals surface area (Å²) < 4.78 is 33.5. The van der Waals surface area contributed by atoms with Gasteiger partial charge in [0.2, 0.25) is 9.84 Å². The highest BCUT2D eigenvalue weighted by atomic mass is 32.2. The van der Waals surface area contributed by atoms with Crippen LogP contribution in [-0.2, 0) is 9.84 Å². The highest BCUT2D eigenvalue weighted by Gasteiger charge is 2.33. The second-order valence-electron chi connectivity index (χ2n) is 12.8. The van der Waals surface area contributed by atoms with Gasteiger partial charge >= 0.3 is 0 Å². The normalized spacial score (nSPS) is 12.9. The van der Waals surface area contributed by atoms with E-state index in [9.17, 15) is 8.42 Å². The van der Waals surface area contributed by atoms with Crippen LogP contribution in [0.1, 0.15) is 0 Å². The van der Waals surface area contributed by atoms with Gasteiger partial charge < -0.3 is 4.42 Å². The number of benzene rings is 7. The lowest BCUT2D eigenvalue weighted by molar-refractivity contribution is 0.598. The Bertz CT molecular complexity index is 2920. The molecule has 7 heteroatoms. The topological polar surface area (TPSA) is 86.0 Å². The third-order valence-corrected chi connectivity index (χ3v) is 11.5. The molecule has 0 saturated heterocycles. The van der Waals surface area contributed by atoms with E-state index < -0.39 is 9.84 Å². The lowest BCUT2D eigenvalue weighted by atomic mass is 9.95. The van der Waals surface area contributed by atoms with E-state index in [1.807, 2.05) is 121 Å². The first kappa shape index (κ1) is 30.2. The summed E-state index contributed by atoms with van der Waals surface area (Å²) in [7, 11) is -3.62. The molecule has 52 heavy (non-hydrogen) atoms. The number of rotatable bonds is 5. The molecule has 0 atom stereocenters. The largest absolute Gasteiger partial charge is 0.456 e. The Kier molecular flexibility index (Phi) is 6.78. The van der Waals surface area contributed by atoms with Gasteiger partial charge in [-0.3, -0.25) is 0 Å².